The number of aliphatic hydroxyl groups is 1. The van der Waals surface area contributed by atoms with Gasteiger partial charge in [0.05, 0.1) is 12.1 Å². The molecule has 7 nitrogen and oxygen atoms in total. The number of carbonyl (C=O) groups excluding carboxylic acids is 2. The van der Waals surface area contributed by atoms with Crippen molar-refractivity contribution in [3.63, 3.8) is 0 Å². The van der Waals surface area contributed by atoms with Crippen LogP contribution in [0.5, 0.6) is 0 Å². The predicted octanol–water partition coefficient (Wildman–Crippen LogP) is 2.89. The molecule has 0 saturated heterocycles. The summed E-state index contributed by atoms with van der Waals surface area (Å²) in [5.41, 5.74) is 0.885. The number of carbonyl (C=O) groups is 2. The van der Waals surface area contributed by atoms with Gasteiger partial charge >= 0.3 is 0 Å². The molecular formula is C25H36N4O3. The molecule has 32 heavy (non-hydrogen) atoms. The van der Waals surface area contributed by atoms with E-state index in [1.807, 2.05) is 29.0 Å². The summed E-state index contributed by atoms with van der Waals surface area (Å²) in [5.74, 6) is 1.17. The van der Waals surface area contributed by atoms with Crippen LogP contribution in [0.4, 0.5) is 0 Å². The molecule has 0 spiro atoms. The highest BCUT2D eigenvalue weighted by atomic mass is 16.3. The molecule has 2 amide bonds. The Balaban J connectivity index is 1.68. The Morgan fingerprint density at radius 3 is 2.62 bits per heavy atom. The summed E-state index contributed by atoms with van der Waals surface area (Å²) < 4.78 is 2.04. The van der Waals surface area contributed by atoms with E-state index < -0.39 is 6.10 Å². The number of nitrogens with zero attached hydrogens (tertiary/aromatic N) is 2. The third kappa shape index (κ3) is 5.97. The fourth-order valence-corrected chi connectivity index (χ4v) is 4.75. The molecule has 3 N–H and O–H groups in total. The summed E-state index contributed by atoms with van der Waals surface area (Å²) in [7, 11) is 0. The number of rotatable bonds is 8. The lowest BCUT2D eigenvalue weighted by molar-refractivity contribution is -0.122. The van der Waals surface area contributed by atoms with Crippen LogP contribution in [-0.4, -0.2) is 45.2 Å². The molecular weight excluding hydrogens is 404 g/mol. The number of imidazole rings is 1. The van der Waals surface area contributed by atoms with Crippen molar-refractivity contribution in [1.82, 2.24) is 20.2 Å². The van der Waals surface area contributed by atoms with Crippen molar-refractivity contribution in [2.75, 3.05) is 6.54 Å². The van der Waals surface area contributed by atoms with Crippen LogP contribution in [0.15, 0.2) is 42.7 Å². The molecule has 7 heteroatoms. The highest BCUT2D eigenvalue weighted by molar-refractivity contribution is 5.76. The maximum Gasteiger partial charge on any atom is 0.221 e. The number of amides is 2. The molecule has 3 rings (SSSR count). The van der Waals surface area contributed by atoms with Crippen LogP contribution in [0.25, 0.3) is 0 Å². The van der Waals surface area contributed by atoms with E-state index in [1.54, 1.807) is 6.20 Å². The molecule has 174 valence electrons. The molecule has 0 bridgehead atoms. The van der Waals surface area contributed by atoms with Gasteiger partial charge in [-0.3, -0.25) is 9.59 Å². The number of aromatic nitrogens is 2. The molecule has 1 aliphatic carbocycles. The van der Waals surface area contributed by atoms with Crippen LogP contribution in [0.1, 0.15) is 70.2 Å². The van der Waals surface area contributed by atoms with Gasteiger partial charge in [-0.2, -0.15) is 0 Å². The lowest BCUT2D eigenvalue weighted by Gasteiger charge is -2.34. The van der Waals surface area contributed by atoms with Gasteiger partial charge in [0.25, 0.3) is 0 Å². The van der Waals surface area contributed by atoms with Crippen molar-refractivity contribution in [3.05, 3.63) is 54.1 Å². The van der Waals surface area contributed by atoms with Crippen molar-refractivity contribution in [3.8, 4) is 0 Å². The van der Waals surface area contributed by atoms with Crippen LogP contribution in [0.3, 0.4) is 0 Å². The van der Waals surface area contributed by atoms with E-state index in [9.17, 15) is 14.7 Å². The van der Waals surface area contributed by atoms with E-state index in [1.165, 1.54) is 6.92 Å². The number of aryl methyl sites for hydroxylation is 1. The second kappa shape index (κ2) is 10.8. The summed E-state index contributed by atoms with van der Waals surface area (Å²) in [5, 5.41) is 16.7. The Morgan fingerprint density at radius 2 is 1.94 bits per heavy atom. The second-order valence-corrected chi connectivity index (χ2v) is 9.26. The van der Waals surface area contributed by atoms with Crippen molar-refractivity contribution < 1.29 is 14.7 Å². The molecule has 2 aromatic rings. The first-order valence-electron chi connectivity index (χ1n) is 11.6. The molecule has 0 radical (unpaired) electrons. The zero-order chi connectivity index (χ0) is 23.1. The summed E-state index contributed by atoms with van der Waals surface area (Å²) in [4.78, 5) is 28.7. The second-order valence-electron chi connectivity index (χ2n) is 9.26. The maximum absolute atomic E-state index is 12.7. The average Bonchev–Trinajstić information content (AvgIpc) is 3.19. The lowest BCUT2D eigenvalue weighted by Crippen LogP contribution is -2.42. The van der Waals surface area contributed by atoms with Crippen molar-refractivity contribution in [2.45, 2.75) is 82.9 Å². The Hall–Kier alpha value is -2.67. The molecule has 1 aliphatic rings. The van der Waals surface area contributed by atoms with Gasteiger partial charge < -0.3 is 20.3 Å². The van der Waals surface area contributed by atoms with Gasteiger partial charge in [0, 0.05) is 50.2 Å². The first kappa shape index (κ1) is 24.0. The van der Waals surface area contributed by atoms with Gasteiger partial charge in [0.15, 0.2) is 0 Å². The SMILES string of the molecule is CC(=O)N[C@H]1CC[C@](CNC(=O)CCn2ccnc2C(C)C)(c2ccccc2)CC[C@@H]1O. The molecule has 3 atom stereocenters. The van der Waals surface area contributed by atoms with Gasteiger partial charge in [-0.05, 0) is 31.2 Å². The summed E-state index contributed by atoms with van der Waals surface area (Å²) in [6.45, 7) is 6.78. The fourth-order valence-electron chi connectivity index (χ4n) is 4.75. The fraction of sp³-hybridized carbons (Fsp3) is 0.560. The van der Waals surface area contributed by atoms with E-state index in [0.29, 0.717) is 38.3 Å². The number of hydrogen-bond acceptors (Lipinski definition) is 4. The highest BCUT2D eigenvalue weighted by Gasteiger charge is 2.38. The first-order valence-corrected chi connectivity index (χ1v) is 11.6. The standard InChI is InChI=1S/C25H36N4O3/c1-18(2)24-26-14-16-29(24)15-11-23(32)27-17-25(20-7-5-4-6-8-20)12-9-21(28-19(3)30)22(31)10-13-25/h4-8,14,16,18,21-22,31H,9-13,15,17H2,1-3H3,(H,27,32)(H,28,30)/t21-,22-,25-/m0/s1. The van der Waals surface area contributed by atoms with Gasteiger partial charge in [0.2, 0.25) is 11.8 Å². The summed E-state index contributed by atoms with van der Waals surface area (Å²) in [6, 6.07) is 9.94. The third-order valence-corrected chi connectivity index (χ3v) is 6.56. The van der Waals surface area contributed by atoms with Crippen molar-refractivity contribution >= 4 is 11.8 Å². The molecule has 1 aromatic heterocycles. The predicted molar refractivity (Wildman–Crippen MR) is 124 cm³/mol. The Kier molecular flexibility index (Phi) is 8.07. The van der Waals surface area contributed by atoms with E-state index in [4.69, 9.17) is 0 Å². The van der Waals surface area contributed by atoms with E-state index in [2.05, 4.69) is 41.6 Å². The van der Waals surface area contributed by atoms with E-state index in [0.717, 1.165) is 24.2 Å². The quantitative estimate of drug-likeness (QED) is 0.550. The van der Waals surface area contributed by atoms with Crippen molar-refractivity contribution in [1.29, 1.82) is 0 Å². The highest BCUT2D eigenvalue weighted by Crippen LogP contribution is 2.38. The van der Waals surface area contributed by atoms with Crippen LogP contribution in [0.2, 0.25) is 0 Å². The maximum atomic E-state index is 12.7. The molecule has 0 aliphatic heterocycles. The van der Waals surface area contributed by atoms with E-state index in [-0.39, 0.29) is 23.3 Å². The minimum absolute atomic E-state index is 0.00641. The molecule has 1 aromatic carbocycles. The summed E-state index contributed by atoms with van der Waals surface area (Å²) in [6.07, 6.45) is 6.25. The molecule has 0 unspecified atom stereocenters. The van der Waals surface area contributed by atoms with Gasteiger partial charge in [-0.1, -0.05) is 44.2 Å². The lowest BCUT2D eigenvalue weighted by atomic mass is 9.74. The third-order valence-electron chi connectivity index (χ3n) is 6.56. The van der Waals surface area contributed by atoms with Crippen LogP contribution >= 0.6 is 0 Å². The summed E-state index contributed by atoms with van der Waals surface area (Å²) >= 11 is 0. The zero-order valence-electron chi connectivity index (χ0n) is 19.4. The van der Waals surface area contributed by atoms with Gasteiger partial charge in [-0.25, -0.2) is 4.98 Å². The molecule has 1 heterocycles. The largest absolute Gasteiger partial charge is 0.391 e. The smallest absolute Gasteiger partial charge is 0.221 e. The van der Waals surface area contributed by atoms with Gasteiger partial charge in [-0.15, -0.1) is 0 Å². The minimum atomic E-state index is -0.587. The van der Waals surface area contributed by atoms with Crippen LogP contribution < -0.4 is 10.6 Å². The van der Waals surface area contributed by atoms with Crippen molar-refractivity contribution in [2.24, 2.45) is 0 Å². The first-order chi connectivity index (χ1) is 15.3. The number of nitrogens with one attached hydrogen (secondary N) is 2. The number of benzene rings is 1. The van der Waals surface area contributed by atoms with Crippen LogP contribution in [0, 0.1) is 0 Å². The normalized spacial score (nSPS) is 23.5. The Morgan fingerprint density at radius 1 is 1.22 bits per heavy atom. The molecule has 1 saturated carbocycles. The number of hydrogen-bond donors (Lipinski definition) is 3. The molecule has 1 fully saturated rings. The average molecular weight is 441 g/mol. The Bertz CT molecular complexity index is 896. The topological polar surface area (TPSA) is 96.3 Å². The Labute approximate surface area is 190 Å². The van der Waals surface area contributed by atoms with Gasteiger partial charge in [0.1, 0.15) is 5.82 Å². The number of aliphatic hydroxyl groups excluding tert-OH is 1. The zero-order valence-corrected chi connectivity index (χ0v) is 19.4. The minimum Gasteiger partial charge on any atom is -0.391 e. The monoisotopic (exact) mass is 440 g/mol. The van der Waals surface area contributed by atoms with Crippen LogP contribution in [-0.2, 0) is 21.5 Å². The van der Waals surface area contributed by atoms with E-state index >= 15 is 0 Å².